The van der Waals surface area contributed by atoms with Gasteiger partial charge in [-0.2, -0.15) is 0 Å². The van der Waals surface area contributed by atoms with E-state index >= 15 is 0 Å². The average molecular weight is 323 g/mol. The van der Waals surface area contributed by atoms with Crippen LogP contribution in [0.4, 0.5) is 0 Å². The summed E-state index contributed by atoms with van der Waals surface area (Å²) in [6.07, 6.45) is 0.263. The smallest absolute Gasteiger partial charge is 0.338 e. The lowest BCUT2D eigenvalue weighted by atomic mass is 9.88. The number of carboxylic acids is 1. The van der Waals surface area contributed by atoms with Crippen molar-refractivity contribution in [2.45, 2.75) is 17.9 Å². The highest BCUT2D eigenvalue weighted by Gasteiger charge is 2.53. The van der Waals surface area contributed by atoms with Crippen LogP contribution in [0.2, 0.25) is 0 Å². The summed E-state index contributed by atoms with van der Waals surface area (Å²) < 4.78 is 5.43. The van der Waals surface area contributed by atoms with Crippen molar-refractivity contribution in [2.75, 3.05) is 13.2 Å². The predicted molar refractivity (Wildman–Crippen MR) is 87.7 cm³/mol. The summed E-state index contributed by atoms with van der Waals surface area (Å²) in [6.45, 7) is 0.653. The van der Waals surface area contributed by atoms with Crippen LogP contribution < -0.4 is 5.32 Å². The molecule has 1 fully saturated rings. The van der Waals surface area contributed by atoms with Gasteiger partial charge in [-0.25, -0.2) is 9.59 Å². The zero-order valence-corrected chi connectivity index (χ0v) is 13.0. The molecule has 1 aliphatic carbocycles. The molecule has 1 atom stereocenters. The van der Waals surface area contributed by atoms with Gasteiger partial charge in [-0.1, -0.05) is 48.5 Å². The largest absolute Gasteiger partial charge is 0.479 e. The number of carbonyl (C=O) groups is 2. The fraction of sp³-hybridized carbons (Fsp3) is 0.263. The molecular formula is C19H17NO4. The fourth-order valence-corrected chi connectivity index (χ4v) is 3.54. The summed E-state index contributed by atoms with van der Waals surface area (Å²) in [6, 6.07) is 16.1. The third kappa shape index (κ3) is 2.05. The second-order valence-corrected chi connectivity index (χ2v) is 6.21. The number of carboxylic acid groups (broad SMARTS) is 1. The Kier molecular flexibility index (Phi) is 3.39. The lowest BCUT2D eigenvalue weighted by molar-refractivity contribution is -0.167. The minimum absolute atomic E-state index is 0.0627. The van der Waals surface area contributed by atoms with Gasteiger partial charge in [0.1, 0.15) is 6.61 Å². The summed E-state index contributed by atoms with van der Waals surface area (Å²) in [7, 11) is 0. The molecule has 2 N–H and O–H groups in total. The third-order valence-electron chi connectivity index (χ3n) is 4.98. The van der Waals surface area contributed by atoms with E-state index in [0.29, 0.717) is 6.54 Å². The second-order valence-electron chi connectivity index (χ2n) is 6.21. The number of carbonyl (C=O) groups excluding carboxylic acids is 1. The first-order chi connectivity index (χ1) is 11.6. The van der Waals surface area contributed by atoms with Crippen molar-refractivity contribution in [3.8, 4) is 11.1 Å². The minimum atomic E-state index is -1.57. The van der Waals surface area contributed by atoms with E-state index in [1.54, 1.807) is 0 Å². The van der Waals surface area contributed by atoms with Gasteiger partial charge in [0.15, 0.2) is 0 Å². The van der Waals surface area contributed by atoms with Crippen LogP contribution in [0.25, 0.3) is 11.1 Å². The van der Waals surface area contributed by atoms with Gasteiger partial charge >= 0.3 is 11.9 Å². The van der Waals surface area contributed by atoms with Crippen LogP contribution in [0.5, 0.6) is 0 Å². The van der Waals surface area contributed by atoms with Crippen molar-refractivity contribution >= 4 is 11.9 Å². The normalized spacial score (nSPS) is 21.5. The van der Waals surface area contributed by atoms with E-state index in [0.717, 1.165) is 22.3 Å². The molecule has 1 unspecified atom stereocenters. The third-order valence-corrected chi connectivity index (χ3v) is 4.98. The van der Waals surface area contributed by atoms with Gasteiger partial charge in [-0.05, 0) is 35.2 Å². The number of esters is 1. The van der Waals surface area contributed by atoms with Crippen LogP contribution in [-0.4, -0.2) is 35.7 Å². The molecule has 0 saturated carbocycles. The molecule has 0 amide bonds. The molecular weight excluding hydrogens is 306 g/mol. The molecule has 2 aliphatic rings. The summed E-state index contributed by atoms with van der Waals surface area (Å²) in [5.74, 6) is -1.94. The Morgan fingerprint density at radius 1 is 1.08 bits per heavy atom. The molecule has 1 heterocycles. The highest BCUT2D eigenvalue weighted by atomic mass is 16.5. The van der Waals surface area contributed by atoms with Crippen LogP contribution >= 0.6 is 0 Å². The fourth-order valence-electron chi connectivity index (χ4n) is 3.54. The maximum Gasteiger partial charge on any atom is 0.338 e. The van der Waals surface area contributed by atoms with E-state index in [2.05, 4.69) is 17.4 Å². The van der Waals surface area contributed by atoms with Gasteiger partial charge in [0.2, 0.25) is 5.54 Å². The monoisotopic (exact) mass is 323 g/mol. The zero-order chi connectivity index (χ0) is 16.7. The summed E-state index contributed by atoms with van der Waals surface area (Å²) >= 11 is 0. The molecule has 122 valence electrons. The van der Waals surface area contributed by atoms with E-state index in [1.807, 2.05) is 36.4 Å². The van der Waals surface area contributed by atoms with E-state index in [-0.39, 0.29) is 18.9 Å². The number of hydrogen-bond donors (Lipinski definition) is 2. The van der Waals surface area contributed by atoms with E-state index in [4.69, 9.17) is 4.74 Å². The molecule has 24 heavy (non-hydrogen) atoms. The summed E-state index contributed by atoms with van der Waals surface area (Å²) in [5, 5.41) is 12.0. The molecule has 5 heteroatoms. The Bertz CT molecular complexity index is 780. The minimum Gasteiger partial charge on any atom is -0.479 e. The molecule has 0 bridgehead atoms. The Balaban J connectivity index is 1.59. The highest BCUT2D eigenvalue weighted by molar-refractivity contribution is 6.05. The lowest BCUT2D eigenvalue weighted by Gasteiger charge is -2.36. The number of benzene rings is 2. The zero-order valence-electron chi connectivity index (χ0n) is 13.0. The van der Waals surface area contributed by atoms with Crippen molar-refractivity contribution in [1.82, 2.24) is 5.32 Å². The van der Waals surface area contributed by atoms with Crippen molar-refractivity contribution < 1.29 is 19.4 Å². The van der Waals surface area contributed by atoms with Crippen LogP contribution in [-0.2, 0) is 14.3 Å². The maximum absolute atomic E-state index is 12.3. The second kappa shape index (κ2) is 5.46. The Morgan fingerprint density at radius 3 is 2.08 bits per heavy atom. The molecule has 2 aromatic carbocycles. The quantitative estimate of drug-likeness (QED) is 0.666. The molecule has 1 saturated heterocycles. The number of rotatable bonds is 4. The molecule has 0 aromatic heterocycles. The molecule has 2 aromatic rings. The molecule has 5 nitrogen and oxygen atoms in total. The van der Waals surface area contributed by atoms with E-state index < -0.39 is 17.5 Å². The standard InChI is InChI=1S/C19H17NO4/c21-17(22)19(9-10-20-19)18(23)24-11-16-14-7-3-1-5-12(14)13-6-2-4-8-15(13)16/h1-8,16,20H,9-11H2,(H,21,22). The van der Waals surface area contributed by atoms with Gasteiger partial charge in [0, 0.05) is 5.92 Å². The van der Waals surface area contributed by atoms with Crippen LogP contribution in [0.15, 0.2) is 48.5 Å². The maximum atomic E-state index is 12.3. The van der Waals surface area contributed by atoms with Crippen LogP contribution in [0, 0.1) is 0 Å². The first-order valence-electron chi connectivity index (χ1n) is 7.97. The number of hydrogen-bond acceptors (Lipinski definition) is 4. The Morgan fingerprint density at radius 2 is 1.62 bits per heavy atom. The van der Waals surface area contributed by atoms with Crippen molar-refractivity contribution in [1.29, 1.82) is 0 Å². The van der Waals surface area contributed by atoms with Crippen molar-refractivity contribution in [3.05, 3.63) is 59.7 Å². The molecule has 4 rings (SSSR count). The van der Waals surface area contributed by atoms with Gasteiger partial charge in [0.25, 0.3) is 0 Å². The SMILES string of the molecule is O=C(O)C1(C(=O)OCC2c3ccccc3-c3ccccc32)CCN1. The molecule has 1 aliphatic heterocycles. The van der Waals surface area contributed by atoms with E-state index in [1.165, 1.54) is 0 Å². The van der Waals surface area contributed by atoms with E-state index in [9.17, 15) is 14.7 Å². The number of nitrogens with one attached hydrogen (secondary N) is 1. The number of ether oxygens (including phenoxy) is 1. The molecule has 0 radical (unpaired) electrons. The van der Waals surface area contributed by atoms with Crippen LogP contribution in [0.3, 0.4) is 0 Å². The van der Waals surface area contributed by atoms with Crippen molar-refractivity contribution in [3.63, 3.8) is 0 Å². The average Bonchev–Trinajstić information content (AvgIpc) is 2.86. The number of aliphatic carboxylic acids is 1. The van der Waals surface area contributed by atoms with Gasteiger partial charge in [0.05, 0.1) is 0 Å². The summed E-state index contributed by atoms with van der Waals surface area (Å²) in [5.41, 5.74) is 2.93. The summed E-state index contributed by atoms with van der Waals surface area (Å²) in [4.78, 5) is 23.7. The van der Waals surface area contributed by atoms with Gasteiger partial charge in [-0.15, -0.1) is 0 Å². The lowest BCUT2D eigenvalue weighted by Crippen LogP contribution is -2.67. The van der Waals surface area contributed by atoms with Gasteiger partial charge < -0.3 is 9.84 Å². The van der Waals surface area contributed by atoms with Gasteiger partial charge in [-0.3, -0.25) is 5.32 Å². The Labute approximate surface area is 139 Å². The highest BCUT2D eigenvalue weighted by Crippen LogP contribution is 2.44. The van der Waals surface area contributed by atoms with Crippen molar-refractivity contribution in [2.24, 2.45) is 0 Å². The number of fused-ring (bicyclic) bond motifs is 3. The first-order valence-corrected chi connectivity index (χ1v) is 7.97. The van der Waals surface area contributed by atoms with Crippen LogP contribution in [0.1, 0.15) is 23.5 Å². The topological polar surface area (TPSA) is 75.6 Å². The first kappa shape index (κ1) is 14.9. The Hall–Kier alpha value is -2.66. The predicted octanol–water partition coefficient (Wildman–Crippen LogP) is 2.16. The molecule has 0 spiro atoms.